The second-order valence-corrected chi connectivity index (χ2v) is 11.3. The van der Waals surface area contributed by atoms with Crippen LogP contribution in [0.15, 0.2) is 42.5 Å². The van der Waals surface area contributed by atoms with Crippen molar-refractivity contribution in [3.05, 3.63) is 69.5 Å². The largest absolute Gasteiger partial charge is 0.394 e. The molecule has 4 N–H and O–H groups in total. The third-order valence-corrected chi connectivity index (χ3v) is 8.69. The van der Waals surface area contributed by atoms with Gasteiger partial charge in [0, 0.05) is 23.5 Å². The molecule has 1 saturated carbocycles. The van der Waals surface area contributed by atoms with Gasteiger partial charge in [-0.1, -0.05) is 79.6 Å². The molecule has 2 aromatic carbocycles. The predicted molar refractivity (Wildman–Crippen MR) is 146 cm³/mol. The molecule has 1 aliphatic heterocycles. The first-order valence-corrected chi connectivity index (χ1v) is 14.0. The number of hydrogen-bond acceptors (Lipinski definition) is 5. The van der Waals surface area contributed by atoms with Gasteiger partial charge in [-0.2, -0.15) is 5.26 Å². The van der Waals surface area contributed by atoms with E-state index in [2.05, 4.69) is 16.7 Å². The summed E-state index contributed by atoms with van der Waals surface area (Å²) in [5.41, 5.74) is -0.420. The fourth-order valence-electron chi connectivity index (χ4n) is 6.23. The fraction of sp³-hybridized carbons (Fsp3) is 0.517. The number of nitrogens with one attached hydrogen (secondary N) is 2. The van der Waals surface area contributed by atoms with Crippen molar-refractivity contribution in [2.24, 2.45) is 5.92 Å². The lowest BCUT2D eigenvalue weighted by Crippen LogP contribution is -2.46. The van der Waals surface area contributed by atoms with E-state index in [1.54, 1.807) is 36.4 Å². The van der Waals surface area contributed by atoms with Crippen molar-refractivity contribution >= 4 is 29.1 Å². The Morgan fingerprint density at radius 2 is 1.89 bits per heavy atom. The summed E-state index contributed by atoms with van der Waals surface area (Å²) in [7, 11) is 0. The second kappa shape index (κ2) is 12.8. The molecular formula is C29H34Cl2FN3O3. The van der Waals surface area contributed by atoms with Crippen LogP contribution in [0.25, 0.3) is 0 Å². The Hall–Kier alpha value is -2.21. The predicted octanol–water partition coefficient (Wildman–Crippen LogP) is 4.85. The lowest BCUT2D eigenvalue weighted by atomic mass is 9.63. The van der Waals surface area contributed by atoms with Crippen LogP contribution in [0.2, 0.25) is 10.0 Å². The summed E-state index contributed by atoms with van der Waals surface area (Å²) in [5, 5.41) is 36.5. The molecule has 204 valence electrons. The highest BCUT2D eigenvalue weighted by Crippen LogP contribution is 2.52. The number of carbonyl (C=O) groups excluding carboxylic acids is 1. The first kappa shape index (κ1) is 28.8. The SMILES string of the molecule is N#CC1(c2ccc(Cl)cc2)C(CC2CCCCC2)NC(C(=O)NCC[C@H](O)CO)C1c1cccc(Cl)c1F. The minimum atomic E-state index is -1.28. The lowest BCUT2D eigenvalue weighted by Gasteiger charge is -2.37. The maximum atomic E-state index is 15.7. The molecular weight excluding hydrogens is 528 g/mol. The van der Waals surface area contributed by atoms with Crippen LogP contribution in [0.1, 0.15) is 62.0 Å². The smallest absolute Gasteiger partial charge is 0.237 e. The van der Waals surface area contributed by atoms with Crippen molar-refractivity contribution in [1.82, 2.24) is 10.6 Å². The van der Waals surface area contributed by atoms with Crippen molar-refractivity contribution in [3.8, 4) is 6.07 Å². The molecule has 6 nitrogen and oxygen atoms in total. The van der Waals surface area contributed by atoms with Gasteiger partial charge in [-0.25, -0.2) is 4.39 Å². The standard InChI is InChI=1S/C29H34Cl2FN3O3/c30-20-11-9-19(10-12-20)29(17-33)24(15-18-5-2-1-3-6-18)35-27(28(38)34-14-13-21(37)16-36)25(29)22-7-4-8-23(31)26(22)32/h4,7-12,18,21,24-25,27,35-37H,1-3,5-6,13-16H2,(H,34,38)/t21-,24?,25?,27?,29?/m0/s1. The van der Waals surface area contributed by atoms with E-state index in [-0.39, 0.29) is 23.6 Å². The first-order valence-electron chi connectivity index (χ1n) is 13.3. The third kappa shape index (κ3) is 5.85. The molecule has 4 rings (SSSR count). The Morgan fingerprint density at radius 1 is 1.18 bits per heavy atom. The Morgan fingerprint density at radius 3 is 2.55 bits per heavy atom. The van der Waals surface area contributed by atoms with E-state index in [4.69, 9.17) is 28.3 Å². The average molecular weight is 563 g/mol. The number of amides is 1. The minimum Gasteiger partial charge on any atom is -0.394 e. The molecule has 1 saturated heterocycles. The molecule has 0 bridgehead atoms. The van der Waals surface area contributed by atoms with Crippen molar-refractivity contribution in [2.45, 2.75) is 74.5 Å². The van der Waals surface area contributed by atoms with Gasteiger partial charge in [0.1, 0.15) is 11.2 Å². The van der Waals surface area contributed by atoms with Crippen molar-refractivity contribution in [3.63, 3.8) is 0 Å². The summed E-state index contributed by atoms with van der Waals surface area (Å²) in [6.45, 7) is -0.289. The molecule has 2 fully saturated rings. The van der Waals surface area contributed by atoms with E-state index in [0.29, 0.717) is 22.9 Å². The summed E-state index contributed by atoms with van der Waals surface area (Å²) in [5.74, 6) is -1.56. The zero-order valence-electron chi connectivity index (χ0n) is 21.2. The fourth-order valence-corrected chi connectivity index (χ4v) is 6.54. The quantitative estimate of drug-likeness (QED) is 0.350. The maximum Gasteiger partial charge on any atom is 0.237 e. The van der Waals surface area contributed by atoms with Gasteiger partial charge in [-0.05, 0) is 48.1 Å². The Kier molecular flexibility index (Phi) is 9.67. The van der Waals surface area contributed by atoms with E-state index in [0.717, 1.165) is 25.7 Å². The van der Waals surface area contributed by atoms with Gasteiger partial charge in [0.25, 0.3) is 0 Å². The van der Waals surface area contributed by atoms with Crippen LogP contribution in [0, 0.1) is 23.1 Å². The molecule has 0 radical (unpaired) electrons. The number of hydrogen-bond donors (Lipinski definition) is 4. The van der Waals surface area contributed by atoms with Crippen LogP contribution in [0.3, 0.4) is 0 Å². The van der Waals surface area contributed by atoms with Crippen LogP contribution < -0.4 is 10.6 Å². The highest BCUT2D eigenvalue weighted by atomic mass is 35.5. The third-order valence-electron chi connectivity index (χ3n) is 8.14. The van der Waals surface area contributed by atoms with Gasteiger partial charge in [0.05, 0.1) is 29.8 Å². The maximum absolute atomic E-state index is 15.7. The minimum absolute atomic E-state index is 0.0774. The van der Waals surface area contributed by atoms with E-state index >= 15 is 4.39 Å². The molecule has 4 unspecified atom stereocenters. The molecule has 1 aliphatic carbocycles. The van der Waals surface area contributed by atoms with Gasteiger partial charge >= 0.3 is 0 Å². The van der Waals surface area contributed by atoms with Gasteiger partial charge in [-0.3, -0.25) is 4.79 Å². The Balaban J connectivity index is 1.82. The summed E-state index contributed by atoms with van der Waals surface area (Å²) in [4.78, 5) is 13.6. The molecule has 0 spiro atoms. The van der Waals surface area contributed by atoms with Crippen LogP contribution in [0.5, 0.6) is 0 Å². The first-order chi connectivity index (χ1) is 18.3. The highest BCUT2D eigenvalue weighted by molar-refractivity contribution is 6.31. The van der Waals surface area contributed by atoms with Gasteiger partial charge in [-0.15, -0.1) is 0 Å². The zero-order valence-corrected chi connectivity index (χ0v) is 22.7. The summed E-state index contributed by atoms with van der Waals surface area (Å²) < 4.78 is 15.7. The number of nitrogens with zero attached hydrogens (tertiary/aromatic N) is 1. The highest BCUT2D eigenvalue weighted by Gasteiger charge is 2.60. The van der Waals surface area contributed by atoms with Gasteiger partial charge < -0.3 is 20.8 Å². The van der Waals surface area contributed by atoms with Crippen LogP contribution in [-0.4, -0.2) is 47.5 Å². The number of carbonyl (C=O) groups is 1. The molecule has 1 heterocycles. The summed E-state index contributed by atoms with van der Waals surface area (Å²) >= 11 is 12.4. The van der Waals surface area contributed by atoms with Crippen LogP contribution in [-0.2, 0) is 10.2 Å². The van der Waals surface area contributed by atoms with E-state index < -0.39 is 47.9 Å². The van der Waals surface area contributed by atoms with Crippen LogP contribution >= 0.6 is 23.2 Å². The van der Waals surface area contributed by atoms with Crippen LogP contribution in [0.4, 0.5) is 4.39 Å². The van der Waals surface area contributed by atoms with Crippen molar-refractivity contribution in [1.29, 1.82) is 5.26 Å². The summed E-state index contributed by atoms with van der Waals surface area (Å²) in [6, 6.07) is 12.8. The van der Waals surface area contributed by atoms with Gasteiger partial charge in [0.15, 0.2) is 0 Å². The number of benzene rings is 2. The molecule has 5 atom stereocenters. The van der Waals surface area contributed by atoms with Crippen molar-refractivity contribution in [2.75, 3.05) is 13.2 Å². The number of aliphatic hydroxyl groups excluding tert-OH is 2. The average Bonchev–Trinajstić information content (AvgIpc) is 3.25. The molecule has 2 aliphatic rings. The Bertz CT molecular complexity index is 1150. The molecule has 38 heavy (non-hydrogen) atoms. The van der Waals surface area contributed by atoms with E-state index in [9.17, 15) is 15.2 Å². The lowest BCUT2D eigenvalue weighted by molar-refractivity contribution is -0.123. The molecule has 9 heteroatoms. The molecule has 0 aromatic heterocycles. The zero-order chi connectivity index (χ0) is 27.3. The topological polar surface area (TPSA) is 105 Å². The number of aliphatic hydroxyl groups is 2. The van der Waals surface area contributed by atoms with Gasteiger partial charge in [0.2, 0.25) is 5.91 Å². The normalized spacial score (nSPS) is 26.6. The summed E-state index contributed by atoms with van der Waals surface area (Å²) in [6.07, 6.45) is 5.41. The monoisotopic (exact) mass is 561 g/mol. The Labute approximate surface area is 233 Å². The second-order valence-electron chi connectivity index (χ2n) is 10.5. The number of rotatable bonds is 9. The van der Waals surface area contributed by atoms with E-state index in [1.165, 1.54) is 12.5 Å². The number of halogens is 3. The van der Waals surface area contributed by atoms with E-state index in [1.807, 2.05) is 0 Å². The number of nitriles is 1. The van der Waals surface area contributed by atoms with Crippen molar-refractivity contribution < 1.29 is 19.4 Å². The molecule has 1 amide bonds. The molecule has 2 aromatic rings.